The van der Waals surface area contributed by atoms with E-state index in [9.17, 15) is 34.2 Å². The Morgan fingerprint density at radius 1 is 0.971 bits per heavy atom. The first-order valence-electron chi connectivity index (χ1n) is 10.1. The van der Waals surface area contributed by atoms with E-state index in [0.29, 0.717) is 5.56 Å². The smallest absolute Gasteiger partial charge is 0.328 e. The van der Waals surface area contributed by atoms with Gasteiger partial charge in [0.25, 0.3) is 0 Å². The second-order valence-electron chi connectivity index (χ2n) is 7.52. The number of aromatic hydroxyl groups is 1. The fraction of sp³-hybridized carbons (Fsp3) is 0.450. The number of thiol groups is 1. The maximum atomic E-state index is 12.7. The number of phenols is 1. The lowest BCUT2D eigenvalue weighted by Gasteiger charge is -2.24. The van der Waals surface area contributed by atoms with Crippen LogP contribution in [0.4, 0.5) is 0 Å². The van der Waals surface area contributed by atoms with Gasteiger partial charge >= 0.3 is 5.97 Å². The molecular weight excluding hydrogens is 470 g/mol. The lowest BCUT2D eigenvalue weighted by Crippen LogP contribution is -2.59. The van der Waals surface area contributed by atoms with Gasteiger partial charge < -0.3 is 42.7 Å². The third kappa shape index (κ3) is 9.25. The molecule has 0 saturated heterocycles. The molecule has 0 radical (unpaired) electrons. The van der Waals surface area contributed by atoms with Crippen molar-refractivity contribution in [2.45, 2.75) is 50.0 Å². The summed E-state index contributed by atoms with van der Waals surface area (Å²) in [5, 5.41) is 34.6. The normalized spacial score (nSPS) is 15.2. The van der Waals surface area contributed by atoms with Gasteiger partial charge in [0.05, 0.1) is 18.6 Å². The molecule has 0 aliphatic rings. The van der Waals surface area contributed by atoms with E-state index in [1.165, 1.54) is 12.1 Å². The molecule has 0 fully saturated rings. The number of nitrogens with two attached hydrogens (primary N) is 2. The van der Waals surface area contributed by atoms with E-state index in [1.54, 1.807) is 12.1 Å². The van der Waals surface area contributed by atoms with Crippen LogP contribution >= 0.6 is 12.6 Å². The van der Waals surface area contributed by atoms with Gasteiger partial charge in [0.15, 0.2) is 6.04 Å². The molecule has 0 aliphatic carbocycles. The minimum Gasteiger partial charge on any atom is -0.508 e. The second-order valence-corrected chi connectivity index (χ2v) is 7.88. The Labute approximate surface area is 200 Å². The lowest BCUT2D eigenvalue weighted by atomic mass is 10.0. The Morgan fingerprint density at radius 2 is 1.50 bits per heavy atom. The highest BCUT2D eigenvalue weighted by molar-refractivity contribution is 7.80. The van der Waals surface area contributed by atoms with Gasteiger partial charge in [0.1, 0.15) is 17.8 Å². The Hall–Kier alpha value is -3.36. The Morgan fingerprint density at radius 3 is 1.97 bits per heavy atom. The number of aliphatic hydroxyl groups excluding tert-OH is 1. The summed E-state index contributed by atoms with van der Waals surface area (Å²) in [5.41, 5.74) is 11.7. The van der Waals surface area contributed by atoms with Crippen LogP contribution in [0.3, 0.4) is 0 Å². The summed E-state index contributed by atoms with van der Waals surface area (Å²) in [5.74, 6) is -5.32. The number of carbonyl (C=O) groups excluding carboxylic acids is 4. The van der Waals surface area contributed by atoms with Gasteiger partial charge in [0, 0.05) is 5.75 Å². The molecule has 188 valence electrons. The topological polar surface area (TPSA) is 234 Å². The molecule has 34 heavy (non-hydrogen) atoms. The monoisotopic (exact) mass is 499 g/mol. The van der Waals surface area contributed by atoms with E-state index in [4.69, 9.17) is 16.6 Å². The minimum absolute atomic E-state index is 0.0332. The van der Waals surface area contributed by atoms with Crippen molar-refractivity contribution in [3.8, 4) is 5.75 Å². The van der Waals surface area contributed by atoms with Crippen LogP contribution in [0.15, 0.2) is 24.3 Å². The minimum atomic E-state index is -1.63. The van der Waals surface area contributed by atoms with Crippen LogP contribution in [-0.2, 0) is 30.4 Å². The van der Waals surface area contributed by atoms with Crippen LogP contribution in [-0.4, -0.2) is 80.9 Å². The summed E-state index contributed by atoms with van der Waals surface area (Å²) >= 11 is 3.96. The van der Waals surface area contributed by atoms with E-state index in [-0.39, 0.29) is 17.9 Å². The Kier molecular flexibility index (Phi) is 11.3. The zero-order valence-corrected chi connectivity index (χ0v) is 19.2. The van der Waals surface area contributed by atoms with Crippen molar-refractivity contribution < 1.29 is 39.3 Å². The van der Waals surface area contributed by atoms with Gasteiger partial charge in [-0.05, 0) is 31.0 Å². The van der Waals surface area contributed by atoms with Gasteiger partial charge in [-0.25, -0.2) is 4.79 Å². The first kappa shape index (κ1) is 28.7. The molecule has 0 aliphatic heterocycles. The molecule has 4 amide bonds. The molecule has 0 heterocycles. The third-order valence-electron chi connectivity index (χ3n) is 4.63. The van der Waals surface area contributed by atoms with E-state index in [2.05, 4.69) is 28.6 Å². The largest absolute Gasteiger partial charge is 0.508 e. The first-order chi connectivity index (χ1) is 15.8. The number of aliphatic hydroxyl groups is 1. The number of carboxylic acids is 1. The molecule has 0 saturated carbocycles. The SMILES string of the molecule is CC(O)C(NC(=O)C(CS)NC(=O)C(CC(N)=O)NC(=O)C(N)Cc1ccc(O)cc1)C(=O)O. The summed E-state index contributed by atoms with van der Waals surface area (Å²) < 4.78 is 0. The summed E-state index contributed by atoms with van der Waals surface area (Å²) in [4.78, 5) is 60.1. The van der Waals surface area contributed by atoms with Crippen LogP contribution in [0.25, 0.3) is 0 Å². The number of aliphatic carboxylic acids is 1. The number of primary amides is 1. The quantitative estimate of drug-likeness (QED) is 0.125. The number of nitrogens with one attached hydrogen (secondary N) is 3. The average Bonchev–Trinajstić information content (AvgIpc) is 2.75. The predicted molar refractivity (Wildman–Crippen MR) is 123 cm³/mol. The Balaban J connectivity index is 2.86. The molecule has 5 atom stereocenters. The number of hydrogen-bond acceptors (Lipinski definition) is 9. The molecular formula is C20H29N5O8S. The Bertz CT molecular complexity index is 895. The summed E-state index contributed by atoms with van der Waals surface area (Å²) in [7, 11) is 0. The van der Waals surface area contributed by atoms with Crippen molar-refractivity contribution in [3.63, 3.8) is 0 Å². The predicted octanol–water partition coefficient (Wildman–Crippen LogP) is -3.01. The number of carbonyl (C=O) groups is 5. The molecule has 14 heteroatoms. The fourth-order valence-electron chi connectivity index (χ4n) is 2.78. The molecule has 0 aromatic heterocycles. The first-order valence-corrected chi connectivity index (χ1v) is 10.7. The zero-order chi connectivity index (χ0) is 26.0. The van der Waals surface area contributed by atoms with Crippen LogP contribution in [0.5, 0.6) is 5.75 Å². The highest BCUT2D eigenvalue weighted by Gasteiger charge is 2.32. The molecule has 13 nitrogen and oxygen atoms in total. The number of phenolic OH excluding ortho intramolecular Hbond substituents is 1. The van der Waals surface area contributed by atoms with Gasteiger partial charge in [0.2, 0.25) is 23.6 Å². The van der Waals surface area contributed by atoms with Gasteiger partial charge in [-0.3, -0.25) is 19.2 Å². The van der Waals surface area contributed by atoms with E-state index < -0.39 is 66.3 Å². The molecule has 0 bridgehead atoms. The van der Waals surface area contributed by atoms with Crippen molar-refractivity contribution in [2.24, 2.45) is 11.5 Å². The highest BCUT2D eigenvalue weighted by atomic mass is 32.1. The fourth-order valence-corrected chi connectivity index (χ4v) is 3.03. The van der Waals surface area contributed by atoms with Crippen LogP contribution in [0.2, 0.25) is 0 Å². The van der Waals surface area contributed by atoms with Crippen molar-refractivity contribution in [1.82, 2.24) is 16.0 Å². The maximum Gasteiger partial charge on any atom is 0.328 e. The number of benzene rings is 1. The summed E-state index contributed by atoms with van der Waals surface area (Å²) in [6, 6.07) is 0.376. The van der Waals surface area contributed by atoms with Gasteiger partial charge in [-0.1, -0.05) is 12.1 Å². The zero-order valence-electron chi connectivity index (χ0n) is 18.3. The van der Waals surface area contributed by atoms with Crippen molar-refractivity contribution >= 4 is 42.2 Å². The third-order valence-corrected chi connectivity index (χ3v) is 4.99. The highest BCUT2D eigenvalue weighted by Crippen LogP contribution is 2.11. The van der Waals surface area contributed by atoms with Crippen LogP contribution < -0.4 is 27.4 Å². The van der Waals surface area contributed by atoms with Crippen molar-refractivity contribution in [1.29, 1.82) is 0 Å². The van der Waals surface area contributed by atoms with Gasteiger partial charge in [-0.15, -0.1) is 0 Å². The van der Waals surface area contributed by atoms with E-state index in [0.717, 1.165) is 6.92 Å². The number of hydrogen-bond donors (Lipinski definition) is 9. The second kappa shape index (κ2) is 13.4. The standard InChI is InChI=1S/C20H29N5O8S/c1-9(26)16(20(32)33)25-19(31)14(8-34)24-18(30)13(7-15(22)28)23-17(29)12(21)6-10-2-4-11(27)5-3-10/h2-5,9,12-14,16,26-27,34H,6-8,21H2,1H3,(H2,22,28)(H,23,29)(H,24,30)(H,25,31)(H,32,33). The molecule has 10 N–H and O–H groups in total. The molecule has 0 spiro atoms. The number of carboxylic acid groups (broad SMARTS) is 1. The van der Waals surface area contributed by atoms with Gasteiger partial charge in [-0.2, -0.15) is 12.6 Å². The van der Waals surface area contributed by atoms with E-state index >= 15 is 0 Å². The maximum absolute atomic E-state index is 12.7. The van der Waals surface area contributed by atoms with Crippen molar-refractivity contribution in [2.75, 3.05) is 5.75 Å². The van der Waals surface area contributed by atoms with Crippen LogP contribution in [0.1, 0.15) is 18.9 Å². The van der Waals surface area contributed by atoms with E-state index in [1.807, 2.05) is 0 Å². The molecule has 1 aromatic carbocycles. The number of amides is 4. The summed E-state index contributed by atoms with van der Waals surface area (Å²) in [6.45, 7) is 1.16. The average molecular weight is 500 g/mol. The lowest BCUT2D eigenvalue weighted by molar-refractivity contribution is -0.145. The molecule has 1 aromatic rings. The number of rotatable bonds is 13. The summed E-state index contributed by atoms with van der Waals surface area (Å²) in [6.07, 6.45) is -1.96. The van der Waals surface area contributed by atoms with Crippen LogP contribution in [0, 0.1) is 0 Å². The molecule has 5 unspecified atom stereocenters. The van der Waals surface area contributed by atoms with Crippen molar-refractivity contribution in [3.05, 3.63) is 29.8 Å². The molecule has 1 rings (SSSR count).